The molecule has 1 aromatic heterocycles. The van der Waals surface area contributed by atoms with Crippen molar-refractivity contribution < 1.29 is 9.84 Å². The lowest BCUT2D eigenvalue weighted by Crippen LogP contribution is -2.06. The van der Waals surface area contributed by atoms with Crippen LogP contribution in [0, 0.1) is 0 Å². The van der Waals surface area contributed by atoms with Crippen LogP contribution < -0.4 is 4.74 Å². The number of benzene rings is 2. The molecule has 0 aliphatic carbocycles. The number of hydrogen-bond donors (Lipinski definition) is 1. The highest BCUT2D eigenvalue weighted by atomic mass is 32.2. The number of aliphatic hydroxyl groups excluding tert-OH is 1. The molecule has 0 aliphatic rings. The molecule has 0 unspecified atom stereocenters. The molecular formula is C19H21N3O2S. The summed E-state index contributed by atoms with van der Waals surface area (Å²) in [6, 6.07) is 18.2. The Morgan fingerprint density at radius 2 is 1.80 bits per heavy atom. The van der Waals surface area contributed by atoms with Gasteiger partial charge in [-0.1, -0.05) is 54.2 Å². The van der Waals surface area contributed by atoms with E-state index in [2.05, 4.69) is 26.9 Å². The summed E-state index contributed by atoms with van der Waals surface area (Å²) < 4.78 is 7.58. The van der Waals surface area contributed by atoms with E-state index in [1.807, 2.05) is 42.5 Å². The summed E-state index contributed by atoms with van der Waals surface area (Å²) in [7, 11) is 1.66. The lowest BCUT2D eigenvalue weighted by Gasteiger charge is -2.12. The smallest absolute Gasteiger partial charge is 0.191 e. The zero-order chi connectivity index (χ0) is 17.5. The highest BCUT2D eigenvalue weighted by molar-refractivity contribution is 7.99. The summed E-state index contributed by atoms with van der Waals surface area (Å²) in [5.41, 5.74) is 2.18. The Morgan fingerprint density at radius 1 is 1.04 bits per heavy atom. The molecule has 5 nitrogen and oxygen atoms in total. The molecule has 3 aromatic rings. The minimum Gasteiger partial charge on any atom is -0.496 e. The number of aromatic nitrogens is 3. The van der Waals surface area contributed by atoms with Crippen molar-refractivity contribution in [3.05, 3.63) is 60.2 Å². The van der Waals surface area contributed by atoms with Crippen LogP contribution in [0.3, 0.4) is 0 Å². The van der Waals surface area contributed by atoms with E-state index in [1.165, 1.54) is 17.3 Å². The monoisotopic (exact) mass is 355 g/mol. The van der Waals surface area contributed by atoms with Crippen molar-refractivity contribution in [3.8, 4) is 17.1 Å². The molecule has 0 spiro atoms. The van der Waals surface area contributed by atoms with Crippen LogP contribution >= 0.6 is 11.8 Å². The molecule has 0 amide bonds. The summed E-state index contributed by atoms with van der Waals surface area (Å²) in [6.07, 6.45) is 0.883. The topological polar surface area (TPSA) is 60.2 Å². The number of thioether (sulfide) groups is 1. The highest BCUT2D eigenvalue weighted by Crippen LogP contribution is 2.31. The van der Waals surface area contributed by atoms with Gasteiger partial charge in [-0.15, -0.1) is 10.2 Å². The van der Waals surface area contributed by atoms with E-state index >= 15 is 0 Å². The number of aryl methyl sites for hydroxylation is 1. The second kappa shape index (κ2) is 8.69. The number of rotatable bonds is 8. The molecule has 0 atom stereocenters. The largest absolute Gasteiger partial charge is 0.496 e. The molecule has 0 fully saturated rings. The summed E-state index contributed by atoms with van der Waals surface area (Å²) >= 11 is 1.51. The lowest BCUT2D eigenvalue weighted by molar-refractivity contribution is 0.322. The zero-order valence-corrected chi connectivity index (χ0v) is 14.9. The average Bonchev–Trinajstić information content (AvgIpc) is 3.08. The van der Waals surface area contributed by atoms with Gasteiger partial charge in [-0.3, -0.25) is 0 Å². The van der Waals surface area contributed by atoms with Crippen LogP contribution in [0.15, 0.2) is 59.8 Å². The molecule has 130 valence electrons. The Bertz CT molecular complexity index is 805. The van der Waals surface area contributed by atoms with E-state index in [-0.39, 0.29) is 6.61 Å². The number of ether oxygens (including phenoxy) is 1. The van der Waals surface area contributed by atoms with Gasteiger partial charge >= 0.3 is 0 Å². The van der Waals surface area contributed by atoms with Crippen molar-refractivity contribution in [1.82, 2.24) is 14.8 Å². The fraction of sp³-hybridized carbons (Fsp3) is 0.263. The second-order valence-electron chi connectivity index (χ2n) is 5.47. The molecule has 0 saturated carbocycles. The van der Waals surface area contributed by atoms with Gasteiger partial charge in [0, 0.05) is 12.3 Å². The summed E-state index contributed by atoms with van der Waals surface area (Å²) in [5.74, 6) is 2.15. The van der Waals surface area contributed by atoms with Gasteiger partial charge < -0.3 is 14.4 Å². The summed E-state index contributed by atoms with van der Waals surface area (Å²) in [4.78, 5) is 0. The van der Waals surface area contributed by atoms with Gasteiger partial charge in [-0.2, -0.15) is 0 Å². The quantitative estimate of drug-likeness (QED) is 0.628. The zero-order valence-electron chi connectivity index (χ0n) is 14.1. The van der Waals surface area contributed by atoms with E-state index in [1.54, 1.807) is 7.11 Å². The Balaban J connectivity index is 1.93. The number of aliphatic hydroxyl groups is 1. The molecule has 3 rings (SSSR count). The molecule has 0 bridgehead atoms. The Morgan fingerprint density at radius 3 is 2.56 bits per heavy atom. The third kappa shape index (κ3) is 4.21. The molecule has 25 heavy (non-hydrogen) atoms. The molecule has 0 saturated heterocycles. The van der Waals surface area contributed by atoms with Crippen LogP contribution in [0.1, 0.15) is 5.56 Å². The molecule has 1 N–H and O–H groups in total. The van der Waals surface area contributed by atoms with Crippen molar-refractivity contribution in [1.29, 1.82) is 0 Å². The normalized spacial score (nSPS) is 10.8. The first-order valence-corrected chi connectivity index (χ1v) is 9.16. The van der Waals surface area contributed by atoms with Crippen LogP contribution in [0.25, 0.3) is 11.4 Å². The highest BCUT2D eigenvalue weighted by Gasteiger charge is 2.17. The lowest BCUT2D eigenvalue weighted by atomic mass is 10.1. The molecule has 0 radical (unpaired) electrons. The summed E-state index contributed by atoms with van der Waals surface area (Å²) in [5, 5.41) is 18.7. The van der Waals surface area contributed by atoms with E-state index < -0.39 is 0 Å². The van der Waals surface area contributed by atoms with Crippen LogP contribution in [0.5, 0.6) is 5.75 Å². The minimum absolute atomic E-state index is 0.111. The molecule has 1 heterocycles. The number of methoxy groups -OCH3 is 1. The number of nitrogens with zero attached hydrogens (tertiary/aromatic N) is 3. The Hall–Kier alpha value is -2.31. The van der Waals surface area contributed by atoms with Gasteiger partial charge in [0.15, 0.2) is 11.0 Å². The van der Waals surface area contributed by atoms with Gasteiger partial charge in [-0.25, -0.2) is 0 Å². The van der Waals surface area contributed by atoms with Crippen molar-refractivity contribution in [3.63, 3.8) is 0 Å². The first-order chi connectivity index (χ1) is 12.3. The first-order valence-electron chi connectivity index (χ1n) is 8.17. The van der Waals surface area contributed by atoms with Crippen LogP contribution in [0.2, 0.25) is 0 Å². The minimum atomic E-state index is 0.111. The SMILES string of the molecule is COc1ccccc1-c1nnc(SCCO)n1CCc1ccccc1. The van der Waals surface area contributed by atoms with E-state index in [9.17, 15) is 0 Å². The van der Waals surface area contributed by atoms with Crippen molar-refractivity contribution >= 4 is 11.8 Å². The maximum absolute atomic E-state index is 9.13. The Labute approximate surface area is 151 Å². The van der Waals surface area contributed by atoms with E-state index in [0.717, 1.165) is 35.3 Å². The van der Waals surface area contributed by atoms with Crippen LogP contribution in [-0.4, -0.2) is 39.3 Å². The van der Waals surface area contributed by atoms with Crippen molar-refractivity contribution in [2.24, 2.45) is 0 Å². The third-order valence-electron chi connectivity index (χ3n) is 3.85. The fourth-order valence-electron chi connectivity index (χ4n) is 2.65. The first kappa shape index (κ1) is 17.5. The van der Waals surface area contributed by atoms with Gasteiger partial charge in [0.25, 0.3) is 0 Å². The molecule has 0 aliphatic heterocycles. The van der Waals surface area contributed by atoms with Gasteiger partial charge in [0.1, 0.15) is 5.75 Å². The molecular weight excluding hydrogens is 334 g/mol. The maximum atomic E-state index is 9.13. The predicted molar refractivity (Wildman–Crippen MR) is 100.0 cm³/mol. The summed E-state index contributed by atoms with van der Waals surface area (Å²) in [6.45, 7) is 0.873. The second-order valence-corrected chi connectivity index (χ2v) is 6.53. The molecule has 2 aromatic carbocycles. The third-order valence-corrected chi connectivity index (χ3v) is 4.80. The van der Waals surface area contributed by atoms with Crippen LogP contribution in [0.4, 0.5) is 0 Å². The molecule has 6 heteroatoms. The van der Waals surface area contributed by atoms with Gasteiger partial charge in [0.2, 0.25) is 0 Å². The number of para-hydroxylation sites is 1. The van der Waals surface area contributed by atoms with Crippen molar-refractivity contribution in [2.45, 2.75) is 18.1 Å². The fourth-order valence-corrected chi connectivity index (χ4v) is 3.35. The van der Waals surface area contributed by atoms with Gasteiger partial charge in [0.05, 0.1) is 19.3 Å². The number of hydrogen-bond acceptors (Lipinski definition) is 5. The average molecular weight is 355 g/mol. The van der Waals surface area contributed by atoms with E-state index in [4.69, 9.17) is 9.84 Å². The predicted octanol–water partition coefficient (Wildman–Crippen LogP) is 3.28. The Kier molecular flexibility index (Phi) is 6.09. The maximum Gasteiger partial charge on any atom is 0.191 e. The van der Waals surface area contributed by atoms with Crippen LogP contribution in [-0.2, 0) is 13.0 Å². The van der Waals surface area contributed by atoms with Crippen molar-refractivity contribution in [2.75, 3.05) is 19.5 Å². The van der Waals surface area contributed by atoms with E-state index in [0.29, 0.717) is 5.75 Å². The van der Waals surface area contributed by atoms with Gasteiger partial charge in [-0.05, 0) is 24.1 Å². The standard InChI is InChI=1S/C19H21N3O2S/c1-24-17-10-6-5-9-16(17)18-20-21-19(25-14-13-23)22(18)12-11-15-7-3-2-4-8-15/h2-10,23H,11-14H2,1H3.